The predicted octanol–water partition coefficient (Wildman–Crippen LogP) is 4.13. The Morgan fingerprint density at radius 3 is 2.58 bits per heavy atom. The number of halogens is 3. The molecule has 2 aliphatic heterocycles. The van der Waals surface area contributed by atoms with E-state index in [0.29, 0.717) is 37.2 Å². The van der Waals surface area contributed by atoms with Crippen LogP contribution in [0, 0.1) is 11.3 Å². The summed E-state index contributed by atoms with van der Waals surface area (Å²) in [7, 11) is 0. The molecule has 3 aliphatic rings. The molecular weight excluding hydrogens is 433 g/mol. The standard InChI is InChI=1S/C25H35F3N2O3/c1-16(2)24(9-5-21(14-24)29-20-7-11-33-12-8-20)23(32)30-10-6-17-3-4-18(13-19(17)15-30)22(31)25(26,27)28/h3-4,13,16,20-22,29,31H,5-12,14-15H2,1-2H3. The Balaban J connectivity index is 1.48. The monoisotopic (exact) mass is 468 g/mol. The van der Waals surface area contributed by atoms with Crippen LogP contribution in [0.4, 0.5) is 13.2 Å². The molecule has 0 aromatic heterocycles. The minimum Gasteiger partial charge on any atom is -0.381 e. The average Bonchev–Trinajstić information content (AvgIpc) is 3.22. The van der Waals surface area contributed by atoms with Gasteiger partial charge in [0.25, 0.3) is 0 Å². The zero-order valence-corrected chi connectivity index (χ0v) is 19.5. The summed E-state index contributed by atoms with van der Waals surface area (Å²) in [6.45, 7) is 6.61. The topological polar surface area (TPSA) is 61.8 Å². The lowest BCUT2D eigenvalue weighted by Gasteiger charge is -2.40. The third kappa shape index (κ3) is 5.08. The number of ether oxygens (including phenoxy) is 1. The van der Waals surface area contributed by atoms with E-state index in [1.807, 2.05) is 4.90 Å². The highest BCUT2D eigenvalue weighted by atomic mass is 19.4. The summed E-state index contributed by atoms with van der Waals surface area (Å²) in [5.74, 6) is 0.285. The molecule has 1 saturated heterocycles. The van der Waals surface area contributed by atoms with Crippen molar-refractivity contribution >= 4 is 5.91 Å². The normalized spacial score (nSPS) is 27.6. The van der Waals surface area contributed by atoms with Gasteiger partial charge in [0.2, 0.25) is 5.91 Å². The van der Waals surface area contributed by atoms with Gasteiger partial charge in [-0.15, -0.1) is 0 Å². The second-order valence-corrected chi connectivity index (χ2v) is 10.3. The molecule has 4 rings (SSSR count). The van der Waals surface area contributed by atoms with E-state index < -0.39 is 17.7 Å². The van der Waals surface area contributed by atoms with E-state index in [9.17, 15) is 23.1 Å². The number of aliphatic hydroxyl groups excluding tert-OH is 1. The first-order valence-electron chi connectivity index (χ1n) is 12.1. The molecule has 3 unspecified atom stereocenters. The van der Waals surface area contributed by atoms with Crippen LogP contribution >= 0.6 is 0 Å². The Morgan fingerprint density at radius 2 is 1.91 bits per heavy atom. The zero-order valence-electron chi connectivity index (χ0n) is 19.5. The molecule has 0 bridgehead atoms. The van der Waals surface area contributed by atoms with Crippen molar-refractivity contribution in [3.8, 4) is 0 Å². The van der Waals surface area contributed by atoms with E-state index in [-0.39, 0.29) is 17.4 Å². The highest BCUT2D eigenvalue weighted by molar-refractivity contribution is 5.84. The summed E-state index contributed by atoms with van der Waals surface area (Å²) in [4.78, 5) is 15.7. The van der Waals surface area contributed by atoms with Crippen molar-refractivity contribution in [1.82, 2.24) is 10.2 Å². The molecule has 8 heteroatoms. The van der Waals surface area contributed by atoms with Gasteiger partial charge in [0.05, 0.1) is 5.41 Å². The van der Waals surface area contributed by atoms with Gasteiger partial charge < -0.3 is 20.1 Å². The molecule has 1 amide bonds. The minimum absolute atomic E-state index is 0.112. The first-order valence-corrected chi connectivity index (χ1v) is 12.1. The third-order valence-corrected chi connectivity index (χ3v) is 7.93. The molecule has 0 spiro atoms. The lowest BCUT2D eigenvalue weighted by Crippen LogP contribution is -2.49. The second kappa shape index (κ2) is 9.55. The first kappa shape index (κ1) is 24.5. The van der Waals surface area contributed by atoms with E-state index in [0.717, 1.165) is 50.9 Å². The van der Waals surface area contributed by atoms with Crippen molar-refractivity contribution in [1.29, 1.82) is 0 Å². The van der Waals surface area contributed by atoms with E-state index in [1.54, 1.807) is 6.07 Å². The maximum absolute atomic E-state index is 13.8. The lowest BCUT2D eigenvalue weighted by molar-refractivity contribution is -0.206. The number of rotatable bonds is 5. The Morgan fingerprint density at radius 1 is 1.18 bits per heavy atom. The Hall–Kier alpha value is -1.64. The summed E-state index contributed by atoms with van der Waals surface area (Å²) in [5.41, 5.74) is 1.02. The van der Waals surface area contributed by atoms with Gasteiger partial charge in [-0.25, -0.2) is 0 Å². The fourth-order valence-corrected chi connectivity index (χ4v) is 5.81. The molecule has 2 N–H and O–H groups in total. The number of carbonyl (C=O) groups is 1. The maximum Gasteiger partial charge on any atom is 0.418 e. The summed E-state index contributed by atoms with van der Waals surface area (Å²) in [6, 6.07) is 5.14. The molecule has 1 saturated carbocycles. The SMILES string of the molecule is CC(C)C1(C(=O)N2CCc3ccc(C(O)C(F)(F)F)cc3C2)CCC(NC2CCOCC2)C1. The minimum atomic E-state index is -4.71. The number of benzene rings is 1. The van der Waals surface area contributed by atoms with Crippen molar-refractivity contribution in [2.75, 3.05) is 19.8 Å². The number of fused-ring (bicyclic) bond motifs is 1. The van der Waals surface area contributed by atoms with Crippen molar-refractivity contribution in [2.24, 2.45) is 11.3 Å². The average molecular weight is 469 g/mol. The fourth-order valence-electron chi connectivity index (χ4n) is 5.81. The van der Waals surface area contributed by atoms with Crippen LogP contribution in [0.15, 0.2) is 18.2 Å². The van der Waals surface area contributed by atoms with Crippen LogP contribution in [0.2, 0.25) is 0 Å². The molecule has 33 heavy (non-hydrogen) atoms. The number of carbonyl (C=O) groups excluding carboxylic acids is 1. The van der Waals surface area contributed by atoms with Gasteiger partial charge in [-0.05, 0) is 61.1 Å². The van der Waals surface area contributed by atoms with E-state index in [4.69, 9.17) is 4.74 Å². The molecule has 1 aromatic carbocycles. The largest absolute Gasteiger partial charge is 0.418 e. The number of amides is 1. The van der Waals surface area contributed by atoms with Gasteiger partial charge in [-0.1, -0.05) is 32.0 Å². The molecule has 2 heterocycles. The quantitative estimate of drug-likeness (QED) is 0.682. The molecule has 3 atom stereocenters. The van der Waals surface area contributed by atoms with Gasteiger partial charge in [-0.2, -0.15) is 13.2 Å². The molecule has 0 radical (unpaired) electrons. The van der Waals surface area contributed by atoms with Gasteiger partial charge in [0.1, 0.15) is 0 Å². The van der Waals surface area contributed by atoms with Crippen molar-refractivity contribution in [3.05, 3.63) is 34.9 Å². The molecule has 5 nitrogen and oxygen atoms in total. The van der Waals surface area contributed by atoms with Crippen molar-refractivity contribution in [3.63, 3.8) is 0 Å². The fraction of sp³-hybridized carbons (Fsp3) is 0.720. The van der Waals surface area contributed by atoms with Crippen LogP contribution in [0.5, 0.6) is 0 Å². The van der Waals surface area contributed by atoms with Crippen LogP contribution in [-0.2, 0) is 22.5 Å². The van der Waals surface area contributed by atoms with E-state index >= 15 is 0 Å². The molecular formula is C25H35F3N2O3. The lowest BCUT2D eigenvalue weighted by atomic mass is 9.73. The van der Waals surface area contributed by atoms with Crippen molar-refractivity contribution < 1.29 is 27.8 Å². The molecule has 184 valence electrons. The number of nitrogens with one attached hydrogen (secondary N) is 1. The van der Waals surface area contributed by atoms with Crippen LogP contribution in [0.3, 0.4) is 0 Å². The number of alkyl halides is 3. The summed E-state index contributed by atoms with van der Waals surface area (Å²) in [6.07, 6.45) is -2.06. The molecule has 2 fully saturated rings. The second-order valence-electron chi connectivity index (χ2n) is 10.3. The number of hydrogen-bond acceptors (Lipinski definition) is 4. The smallest absolute Gasteiger partial charge is 0.381 e. The molecule has 1 aliphatic carbocycles. The van der Waals surface area contributed by atoms with Crippen LogP contribution in [-0.4, -0.2) is 53.9 Å². The van der Waals surface area contributed by atoms with E-state index in [2.05, 4.69) is 19.2 Å². The third-order valence-electron chi connectivity index (χ3n) is 7.93. The number of nitrogens with zero attached hydrogens (tertiary/aromatic N) is 1. The Labute approximate surface area is 193 Å². The summed E-state index contributed by atoms with van der Waals surface area (Å²) >= 11 is 0. The van der Waals surface area contributed by atoms with Gasteiger partial charge in [-0.3, -0.25) is 4.79 Å². The van der Waals surface area contributed by atoms with Gasteiger partial charge >= 0.3 is 6.18 Å². The zero-order chi connectivity index (χ0) is 23.8. The van der Waals surface area contributed by atoms with Crippen molar-refractivity contribution in [2.45, 2.75) is 83.3 Å². The van der Waals surface area contributed by atoms with Crippen LogP contribution < -0.4 is 5.32 Å². The Kier molecular flexibility index (Phi) is 7.08. The highest BCUT2D eigenvalue weighted by Crippen LogP contribution is 2.47. The maximum atomic E-state index is 13.8. The van der Waals surface area contributed by atoms with Gasteiger partial charge in [0, 0.05) is 38.4 Å². The number of aliphatic hydroxyl groups is 1. The highest BCUT2D eigenvalue weighted by Gasteiger charge is 2.50. The summed E-state index contributed by atoms with van der Waals surface area (Å²) in [5, 5.41) is 13.4. The first-order chi connectivity index (χ1) is 15.6. The Bertz CT molecular complexity index is 854. The van der Waals surface area contributed by atoms with Gasteiger partial charge in [0.15, 0.2) is 6.10 Å². The van der Waals surface area contributed by atoms with Crippen LogP contribution in [0.1, 0.15) is 68.7 Å². The number of hydrogen-bond donors (Lipinski definition) is 2. The molecule has 1 aromatic rings. The van der Waals surface area contributed by atoms with Crippen LogP contribution in [0.25, 0.3) is 0 Å². The predicted molar refractivity (Wildman–Crippen MR) is 118 cm³/mol. The summed E-state index contributed by atoms with van der Waals surface area (Å²) < 4.78 is 44.4. The van der Waals surface area contributed by atoms with E-state index in [1.165, 1.54) is 12.1 Å².